The molecule has 0 aliphatic rings. The van der Waals surface area contributed by atoms with E-state index >= 15 is 0 Å². The average molecular weight is 274 g/mol. The van der Waals surface area contributed by atoms with Crippen molar-refractivity contribution in [2.45, 2.75) is 26.3 Å². The molecule has 5 nitrogen and oxygen atoms in total. The maximum absolute atomic E-state index is 12.9. The molecular weight excluding hydrogens is 258 g/mol. The molecule has 0 spiro atoms. The lowest BCUT2D eigenvalue weighted by Gasteiger charge is -2.13. The first-order valence-corrected chi connectivity index (χ1v) is 5.73. The summed E-state index contributed by atoms with van der Waals surface area (Å²) in [7, 11) is 1.31. The van der Waals surface area contributed by atoms with Gasteiger partial charge in [0, 0.05) is 18.2 Å². The minimum absolute atomic E-state index is 0.0202. The smallest absolute Gasteiger partial charge is 0.311 e. The summed E-state index contributed by atoms with van der Waals surface area (Å²) < 4.78 is 35.5. The molecule has 0 aromatic carbocycles. The molecule has 1 rings (SSSR count). The van der Waals surface area contributed by atoms with E-state index in [1.54, 1.807) is 6.92 Å². The van der Waals surface area contributed by atoms with Crippen molar-refractivity contribution in [2.24, 2.45) is 5.73 Å². The van der Waals surface area contributed by atoms with Gasteiger partial charge in [-0.2, -0.15) is 0 Å². The number of halogens is 2. The maximum Gasteiger partial charge on any atom is 0.311 e. The van der Waals surface area contributed by atoms with Gasteiger partial charge in [0.15, 0.2) is 0 Å². The second kappa shape index (κ2) is 6.98. The number of esters is 1. The second-order valence-corrected chi connectivity index (χ2v) is 3.67. The molecule has 19 heavy (non-hydrogen) atoms. The second-order valence-electron chi connectivity index (χ2n) is 3.67. The van der Waals surface area contributed by atoms with Crippen LogP contribution in [0, 0.1) is 0 Å². The molecule has 2 N–H and O–H groups in total. The van der Waals surface area contributed by atoms with Gasteiger partial charge in [-0.25, -0.2) is 13.8 Å². The fourth-order valence-corrected chi connectivity index (χ4v) is 1.65. The van der Waals surface area contributed by atoms with Gasteiger partial charge in [-0.3, -0.25) is 4.79 Å². The fraction of sp³-hybridized carbons (Fsp3) is 0.500. The monoisotopic (exact) mass is 274 g/mol. The zero-order chi connectivity index (χ0) is 14.4. The zero-order valence-electron chi connectivity index (χ0n) is 10.8. The van der Waals surface area contributed by atoms with E-state index in [9.17, 15) is 13.6 Å². The summed E-state index contributed by atoms with van der Waals surface area (Å²) in [6.45, 7) is 1.74. The van der Waals surface area contributed by atoms with Gasteiger partial charge in [-0.05, 0) is 12.5 Å². The molecule has 1 aromatic heterocycles. The highest BCUT2D eigenvalue weighted by Crippen LogP contribution is 2.28. The Kier molecular flexibility index (Phi) is 5.62. The number of alkyl halides is 2. The third kappa shape index (κ3) is 3.85. The Labute approximate surface area is 109 Å². The molecule has 106 valence electrons. The quantitative estimate of drug-likeness (QED) is 0.797. The first kappa shape index (κ1) is 15.3. The molecular formula is C12H16F2N2O3. The van der Waals surface area contributed by atoms with Crippen molar-refractivity contribution in [3.8, 4) is 5.88 Å². The minimum atomic E-state index is -2.71. The summed E-state index contributed by atoms with van der Waals surface area (Å²) in [6.07, 6.45) is -2.92. The minimum Gasteiger partial charge on any atom is -0.481 e. The van der Waals surface area contributed by atoms with Crippen LogP contribution in [0.2, 0.25) is 0 Å². The first-order valence-electron chi connectivity index (χ1n) is 5.73. The van der Waals surface area contributed by atoms with Gasteiger partial charge in [-0.15, -0.1) is 0 Å². The summed E-state index contributed by atoms with van der Waals surface area (Å²) in [5, 5.41) is 0. The van der Waals surface area contributed by atoms with Crippen LogP contribution < -0.4 is 10.5 Å². The number of nitrogens with zero attached hydrogens (tertiary/aromatic N) is 1. The average Bonchev–Trinajstić information content (AvgIpc) is 2.37. The number of pyridine rings is 1. The highest BCUT2D eigenvalue weighted by atomic mass is 19.3. The Morgan fingerprint density at radius 2 is 2.21 bits per heavy atom. The van der Waals surface area contributed by atoms with Crippen molar-refractivity contribution in [1.29, 1.82) is 0 Å². The largest absolute Gasteiger partial charge is 0.481 e. The van der Waals surface area contributed by atoms with Crippen molar-refractivity contribution in [2.75, 3.05) is 13.7 Å². The number of ether oxygens (including phenoxy) is 2. The van der Waals surface area contributed by atoms with Gasteiger partial charge >= 0.3 is 5.97 Å². The van der Waals surface area contributed by atoms with Crippen molar-refractivity contribution in [1.82, 2.24) is 4.98 Å². The number of nitrogens with two attached hydrogens (primary N) is 1. The first-order chi connectivity index (χ1) is 9.03. The Bertz CT molecular complexity index is 453. The zero-order valence-corrected chi connectivity index (χ0v) is 10.8. The van der Waals surface area contributed by atoms with E-state index in [0.717, 1.165) is 6.07 Å². The number of hydrogen-bond donors (Lipinski definition) is 1. The van der Waals surface area contributed by atoms with Crippen molar-refractivity contribution in [3.63, 3.8) is 0 Å². The number of aromatic nitrogens is 1. The van der Waals surface area contributed by atoms with Crippen molar-refractivity contribution in [3.05, 3.63) is 22.9 Å². The number of carbonyl (C=O) groups excluding carboxylic acids is 1. The van der Waals surface area contributed by atoms with Gasteiger partial charge in [0.05, 0.1) is 25.8 Å². The number of carbonyl (C=O) groups is 1. The molecule has 0 saturated carbocycles. The van der Waals surface area contributed by atoms with Crippen LogP contribution in [0.5, 0.6) is 5.88 Å². The maximum atomic E-state index is 12.9. The lowest BCUT2D eigenvalue weighted by molar-refractivity contribution is -0.142. The lowest BCUT2D eigenvalue weighted by Crippen LogP contribution is -2.15. The van der Waals surface area contributed by atoms with Crippen LogP contribution in [0.1, 0.15) is 30.2 Å². The Hall–Kier alpha value is -1.76. The van der Waals surface area contributed by atoms with Gasteiger partial charge in [0.2, 0.25) is 5.88 Å². The molecule has 0 bridgehead atoms. The van der Waals surface area contributed by atoms with Crippen LogP contribution in [0.3, 0.4) is 0 Å². The molecule has 0 atom stereocenters. The molecule has 0 amide bonds. The SMILES string of the molecule is CCOC(=O)Cc1nc(OC)cc(C(F)F)c1CN. The highest BCUT2D eigenvalue weighted by molar-refractivity contribution is 5.72. The summed E-state index contributed by atoms with van der Waals surface area (Å²) in [6, 6.07) is 1.13. The standard InChI is InChI=1S/C12H16F2N2O3/c1-3-19-11(17)5-9-8(6-15)7(12(13)14)4-10(16-9)18-2/h4,12H,3,5-6,15H2,1-2H3. The van der Waals surface area contributed by atoms with Crippen LogP contribution in [0.4, 0.5) is 8.78 Å². The highest BCUT2D eigenvalue weighted by Gasteiger charge is 2.20. The summed E-state index contributed by atoms with van der Waals surface area (Å²) in [4.78, 5) is 15.4. The molecule has 0 unspecified atom stereocenters. The van der Waals surface area contributed by atoms with E-state index in [0.29, 0.717) is 0 Å². The Morgan fingerprint density at radius 3 is 2.68 bits per heavy atom. The van der Waals surface area contributed by atoms with E-state index in [-0.39, 0.29) is 42.3 Å². The number of rotatable bonds is 6. The van der Waals surface area contributed by atoms with Gasteiger partial charge in [0.25, 0.3) is 6.43 Å². The van der Waals surface area contributed by atoms with Gasteiger partial charge in [-0.1, -0.05) is 0 Å². The molecule has 7 heteroatoms. The molecule has 0 fully saturated rings. The summed E-state index contributed by atoms with van der Waals surface area (Å²) in [5.74, 6) is -0.523. The number of hydrogen-bond acceptors (Lipinski definition) is 5. The van der Waals surface area contributed by atoms with E-state index < -0.39 is 12.4 Å². The van der Waals surface area contributed by atoms with E-state index in [1.165, 1.54) is 7.11 Å². The van der Waals surface area contributed by atoms with Crippen LogP contribution in [-0.4, -0.2) is 24.7 Å². The van der Waals surface area contributed by atoms with Crippen LogP contribution >= 0.6 is 0 Å². The van der Waals surface area contributed by atoms with Crippen molar-refractivity contribution >= 4 is 5.97 Å². The van der Waals surface area contributed by atoms with Gasteiger partial charge in [0.1, 0.15) is 0 Å². The molecule has 1 aromatic rings. The van der Waals surface area contributed by atoms with Crippen LogP contribution in [-0.2, 0) is 22.5 Å². The lowest BCUT2D eigenvalue weighted by atomic mass is 10.0. The number of methoxy groups -OCH3 is 1. The van der Waals surface area contributed by atoms with Crippen LogP contribution in [0.25, 0.3) is 0 Å². The molecule has 0 radical (unpaired) electrons. The molecule has 0 aliphatic carbocycles. The summed E-state index contributed by atoms with van der Waals surface area (Å²) >= 11 is 0. The molecule has 1 heterocycles. The van der Waals surface area contributed by atoms with Gasteiger partial charge < -0.3 is 15.2 Å². The Morgan fingerprint density at radius 1 is 1.53 bits per heavy atom. The van der Waals surface area contributed by atoms with Crippen LogP contribution in [0.15, 0.2) is 6.07 Å². The predicted octanol–water partition coefficient (Wildman–Crippen LogP) is 1.59. The van der Waals surface area contributed by atoms with E-state index in [2.05, 4.69) is 4.98 Å². The topological polar surface area (TPSA) is 74.4 Å². The molecule has 0 aliphatic heterocycles. The normalized spacial score (nSPS) is 10.6. The third-order valence-electron chi connectivity index (χ3n) is 2.49. The molecule has 0 saturated heterocycles. The van der Waals surface area contributed by atoms with E-state index in [1.807, 2.05) is 0 Å². The predicted molar refractivity (Wildman–Crippen MR) is 64.0 cm³/mol. The van der Waals surface area contributed by atoms with E-state index in [4.69, 9.17) is 15.2 Å². The van der Waals surface area contributed by atoms with Crippen molar-refractivity contribution < 1.29 is 23.0 Å². The Balaban J connectivity index is 3.19. The summed E-state index contributed by atoms with van der Waals surface area (Å²) in [5.41, 5.74) is 5.51. The fourth-order valence-electron chi connectivity index (χ4n) is 1.65. The third-order valence-corrected chi connectivity index (χ3v) is 2.49.